The molecular formula is C14H26O2. The Morgan fingerprint density at radius 1 is 1.31 bits per heavy atom. The predicted octanol–water partition coefficient (Wildman–Crippen LogP) is 4.24. The van der Waals surface area contributed by atoms with Gasteiger partial charge in [0.15, 0.2) is 0 Å². The number of aliphatic carboxylic acids is 1. The molecule has 2 unspecified atom stereocenters. The van der Waals surface area contributed by atoms with Crippen LogP contribution in [0.3, 0.4) is 0 Å². The van der Waals surface area contributed by atoms with Crippen molar-refractivity contribution in [2.75, 3.05) is 0 Å². The Hall–Kier alpha value is -0.530. The number of carbonyl (C=O) groups is 1. The van der Waals surface area contributed by atoms with Gasteiger partial charge < -0.3 is 5.11 Å². The first-order chi connectivity index (χ1) is 7.60. The van der Waals surface area contributed by atoms with Crippen LogP contribution >= 0.6 is 0 Å². The lowest BCUT2D eigenvalue weighted by atomic mass is 9.80. The zero-order valence-corrected chi connectivity index (χ0v) is 10.8. The van der Waals surface area contributed by atoms with Crippen molar-refractivity contribution in [1.29, 1.82) is 0 Å². The number of hydrogen-bond donors (Lipinski definition) is 1. The highest BCUT2D eigenvalue weighted by molar-refractivity contribution is 5.75. The zero-order valence-electron chi connectivity index (χ0n) is 10.8. The van der Waals surface area contributed by atoms with Crippen molar-refractivity contribution < 1.29 is 9.90 Å². The normalized spacial score (nSPS) is 29.5. The van der Waals surface area contributed by atoms with Gasteiger partial charge in [-0.1, -0.05) is 46.0 Å². The third-order valence-corrected chi connectivity index (χ3v) is 4.07. The second kappa shape index (κ2) is 6.27. The van der Waals surface area contributed by atoms with Crippen LogP contribution in [0.5, 0.6) is 0 Å². The first-order valence-electron chi connectivity index (χ1n) is 6.84. The van der Waals surface area contributed by atoms with E-state index in [0.29, 0.717) is 5.92 Å². The third-order valence-electron chi connectivity index (χ3n) is 4.07. The number of unbranched alkanes of at least 4 members (excludes halogenated alkanes) is 4. The first kappa shape index (κ1) is 13.5. The van der Waals surface area contributed by atoms with Crippen LogP contribution in [0.1, 0.15) is 71.6 Å². The molecule has 1 N–H and O–H groups in total. The maximum atomic E-state index is 11.4. The van der Waals surface area contributed by atoms with Gasteiger partial charge >= 0.3 is 5.97 Å². The van der Waals surface area contributed by atoms with E-state index in [0.717, 1.165) is 32.1 Å². The van der Waals surface area contributed by atoms with E-state index in [1.807, 2.05) is 0 Å². The Morgan fingerprint density at radius 2 is 2.00 bits per heavy atom. The molecule has 1 saturated carbocycles. The molecule has 2 nitrogen and oxygen atoms in total. The van der Waals surface area contributed by atoms with Crippen LogP contribution < -0.4 is 0 Å². The molecule has 1 aliphatic rings. The molecule has 0 aromatic rings. The molecule has 0 aromatic heterocycles. The summed E-state index contributed by atoms with van der Waals surface area (Å²) in [6.07, 6.45) is 9.90. The Bertz CT molecular complexity index is 225. The molecule has 0 heterocycles. The summed E-state index contributed by atoms with van der Waals surface area (Å²) < 4.78 is 0. The number of rotatable bonds is 7. The molecule has 2 heteroatoms. The van der Waals surface area contributed by atoms with E-state index in [1.165, 1.54) is 25.7 Å². The molecule has 94 valence electrons. The molecule has 2 atom stereocenters. The maximum absolute atomic E-state index is 11.4. The number of hydrogen-bond acceptors (Lipinski definition) is 1. The Kier molecular flexibility index (Phi) is 5.30. The molecule has 0 aliphatic heterocycles. The van der Waals surface area contributed by atoms with E-state index in [-0.39, 0.29) is 5.41 Å². The lowest BCUT2D eigenvalue weighted by molar-refractivity contribution is -0.149. The molecule has 0 radical (unpaired) electrons. The summed E-state index contributed by atoms with van der Waals surface area (Å²) in [5, 5.41) is 9.38. The Balaban J connectivity index is 2.32. The highest BCUT2D eigenvalue weighted by Crippen LogP contribution is 2.45. The summed E-state index contributed by atoms with van der Waals surface area (Å²) in [6, 6.07) is 0. The van der Waals surface area contributed by atoms with Crippen LogP contribution in [-0.4, -0.2) is 11.1 Å². The van der Waals surface area contributed by atoms with Gasteiger partial charge in [-0.15, -0.1) is 0 Å². The van der Waals surface area contributed by atoms with Crippen molar-refractivity contribution in [2.45, 2.75) is 71.6 Å². The standard InChI is InChI=1S/C14H26O2/c1-3-4-5-6-7-9-14(13(15)16)10-8-12(2)11-14/h12H,3-11H2,1-2H3,(H,15,16). The van der Waals surface area contributed by atoms with Gasteiger partial charge in [0, 0.05) is 0 Å². The van der Waals surface area contributed by atoms with E-state index in [1.54, 1.807) is 0 Å². The fraction of sp³-hybridized carbons (Fsp3) is 0.929. The van der Waals surface area contributed by atoms with Crippen molar-refractivity contribution in [2.24, 2.45) is 11.3 Å². The summed E-state index contributed by atoms with van der Waals surface area (Å²) >= 11 is 0. The Morgan fingerprint density at radius 3 is 2.50 bits per heavy atom. The predicted molar refractivity (Wildman–Crippen MR) is 66.5 cm³/mol. The van der Waals surface area contributed by atoms with Crippen LogP contribution in [0.25, 0.3) is 0 Å². The van der Waals surface area contributed by atoms with Crippen LogP contribution in [0, 0.1) is 11.3 Å². The monoisotopic (exact) mass is 226 g/mol. The molecule has 0 aromatic carbocycles. The van der Waals surface area contributed by atoms with Crippen molar-refractivity contribution >= 4 is 5.97 Å². The van der Waals surface area contributed by atoms with Crippen molar-refractivity contribution in [3.8, 4) is 0 Å². The minimum Gasteiger partial charge on any atom is -0.481 e. The van der Waals surface area contributed by atoms with E-state index >= 15 is 0 Å². The summed E-state index contributed by atoms with van der Waals surface area (Å²) in [4.78, 5) is 11.4. The highest BCUT2D eigenvalue weighted by atomic mass is 16.4. The molecule has 0 saturated heterocycles. The molecule has 0 spiro atoms. The van der Waals surface area contributed by atoms with Gasteiger partial charge in [0.2, 0.25) is 0 Å². The quantitative estimate of drug-likeness (QED) is 0.659. The van der Waals surface area contributed by atoms with Crippen molar-refractivity contribution in [1.82, 2.24) is 0 Å². The van der Waals surface area contributed by atoms with Gasteiger partial charge in [-0.3, -0.25) is 4.79 Å². The molecule has 1 aliphatic carbocycles. The van der Waals surface area contributed by atoms with Crippen molar-refractivity contribution in [3.63, 3.8) is 0 Å². The smallest absolute Gasteiger partial charge is 0.309 e. The SMILES string of the molecule is CCCCCCCC1(C(=O)O)CCC(C)C1. The summed E-state index contributed by atoms with van der Waals surface area (Å²) in [5.41, 5.74) is -0.369. The fourth-order valence-electron chi connectivity index (χ4n) is 2.99. The van der Waals surface area contributed by atoms with Crippen LogP contribution in [0.4, 0.5) is 0 Å². The minimum absolute atomic E-state index is 0.369. The van der Waals surface area contributed by atoms with E-state index in [9.17, 15) is 9.90 Å². The molecular weight excluding hydrogens is 200 g/mol. The number of carboxylic acid groups (broad SMARTS) is 1. The van der Waals surface area contributed by atoms with Gasteiger partial charge in [-0.2, -0.15) is 0 Å². The average Bonchev–Trinajstić information content (AvgIpc) is 2.61. The van der Waals surface area contributed by atoms with Crippen LogP contribution in [-0.2, 0) is 4.79 Å². The molecule has 0 bridgehead atoms. The third kappa shape index (κ3) is 3.50. The maximum Gasteiger partial charge on any atom is 0.309 e. The molecule has 0 amide bonds. The van der Waals surface area contributed by atoms with Gasteiger partial charge in [0.1, 0.15) is 0 Å². The van der Waals surface area contributed by atoms with E-state index in [2.05, 4.69) is 13.8 Å². The second-order valence-electron chi connectivity index (χ2n) is 5.60. The topological polar surface area (TPSA) is 37.3 Å². The largest absolute Gasteiger partial charge is 0.481 e. The summed E-state index contributed by atoms with van der Waals surface area (Å²) in [6.45, 7) is 4.39. The molecule has 16 heavy (non-hydrogen) atoms. The minimum atomic E-state index is -0.549. The van der Waals surface area contributed by atoms with E-state index in [4.69, 9.17) is 0 Å². The van der Waals surface area contributed by atoms with Crippen LogP contribution in [0.15, 0.2) is 0 Å². The first-order valence-corrected chi connectivity index (χ1v) is 6.84. The average molecular weight is 226 g/mol. The van der Waals surface area contributed by atoms with Gasteiger partial charge in [-0.25, -0.2) is 0 Å². The molecule has 1 rings (SSSR count). The van der Waals surface area contributed by atoms with Crippen LogP contribution in [0.2, 0.25) is 0 Å². The lowest BCUT2D eigenvalue weighted by Crippen LogP contribution is -2.28. The van der Waals surface area contributed by atoms with Gasteiger partial charge in [0.25, 0.3) is 0 Å². The summed E-state index contributed by atoms with van der Waals surface area (Å²) in [7, 11) is 0. The Labute approximate surface area is 99.4 Å². The highest BCUT2D eigenvalue weighted by Gasteiger charge is 2.43. The summed E-state index contributed by atoms with van der Waals surface area (Å²) in [5.74, 6) is 0.0547. The fourth-order valence-corrected chi connectivity index (χ4v) is 2.99. The van der Waals surface area contributed by atoms with E-state index < -0.39 is 5.97 Å². The second-order valence-corrected chi connectivity index (χ2v) is 5.60. The van der Waals surface area contributed by atoms with Gasteiger partial charge in [0.05, 0.1) is 5.41 Å². The van der Waals surface area contributed by atoms with Crippen molar-refractivity contribution in [3.05, 3.63) is 0 Å². The molecule has 1 fully saturated rings. The zero-order chi connectivity index (χ0) is 12.0. The number of carboxylic acids is 1. The van der Waals surface area contributed by atoms with Gasteiger partial charge in [-0.05, 0) is 31.6 Å². The lowest BCUT2D eigenvalue weighted by Gasteiger charge is -2.24.